The molecule has 1 aromatic carbocycles. The molecule has 8 heteroatoms. The predicted octanol–water partition coefficient (Wildman–Crippen LogP) is 3.44. The molecule has 1 heterocycles. The van der Waals surface area contributed by atoms with E-state index in [1.165, 1.54) is 6.33 Å². The minimum Gasteiger partial charge on any atom is -0.372 e. The summed E-state index contributed by atoms with van der Waals surface area (Å²) in [5, 5.41) is 5.35. The molecule has 0 aliphatic carbocycles. The lowest BCUT2D eigenvalue weighted by atomic mass is 10.3. The van der Waals surface area contributed by atoms with Gasteiger partial charge in [-0.15, -0.1) is 0 Å². The van der Waals surface area contributed by atoms with Gasteiger partial charge in [-0.25, -0.2) is 23.1 Å². The number of rotatable bonds is 3. The fourth-order valence-electron chi connectivity index (χ4n) is 1.38. The van der Waals surface area contributed by atoms with Crippen LogP contribution in [0.5, 0.6) is 0 Å². The zero-order chi connectivity index (χ0) is 14.0. The van der Waals surface area contributed by atoms with E-state index < -0.39 is 17.5 Å². The number of anilines is 3. The molecule has 0 unspecified atom stereocenters. The molecule has 2 rings (SSSR count). The molecule has 0 radical (unpaired) electrons. The number of hydrogen-bond donors (Lipinski definition) is 2. The Morgan fingerprint density at radius 1 is 1.05 bits per heavy atom. The highest BCUT2D eigenvalue weighted by atomic mass is 79.9. The Morgan fingerprint density at radius 3 is 2.42 bits per heavy atom. The van der Waals surface area contributed by atoms with Gasteiger partial charge in [0.25, 0.3) is 0 Å². The molecule has 0 fully saturated rings. The normalized spacial score (nSPS) is 10.4. The molecule has 4 nitrogen and oxygen atoms in total. The van der Waals surface area contributed by atoms with Crippen molar-refractivity contribution in [1.82, 2.24) is 9.97 Å². The van der Waals surface area contributed by atoms with E-state index in [0.29, 0.717) is 10.3 Å². The van der Waals surface area contributed by atoms with Crippen LogP contribution >= 0.6 is 15.9 Å². The highest BCUT2D eigenvalue weighted by molar-refractivity contribution is 9.10. The molecule has 0 spiro atoms. The quantitative estimate of drug-likeness (QED) is 0.845. The van der Waals surface area contributed by atoms with E-state index in [1.807, 2.05) is 0 Å². The summed E-state index contributed by atoms with van der Waals surface area (Å²) in [6.07, 6.45) is 1.25. The van der Waals surface area contributed by atoms with E-state index in [9.17, 15) is 13.2 Å². The van der Waals surface area contributed by atoms with Gasteiger partial charge in [-0.1, -0.05) is 0 Å². The monoisotopic (exact) mass is 332 g/mol. The van der Waals surface area contributed by atoms with Gasteiger partial charge in [0.15, 0.2) is 17.5 Å². The second kappa shape index (κ2) is 5.43. The van der Waals surface area contributed by atoms with Gasteiger partial charge >= 0.3 is 0 Å². The Hall–Kier alpha value is -1.83. The summed E-state index contributed by atoms with van der Waals surface area (Å²) in [7, 11) is 1.65. The molecular weight excluding hydrogens is 325 g/mol. The van der Waals surface area contributed by atoms with Crippen LogP contribution in [0.4, 0.5) is 30.5 Å². The van der Waals surface area contributed by atoms with Crippen LogP contribution in [0.2, 0.25) is 0 Å². The molecule has 100 valence electrons. The lowest BCUT2D eigenvalue weighted by molar-refractivity contribution is 0.449. The fraction of sp³-hybridized carbons (Fsp3) is 0.0909. The van der Waals surface area contributed by atoms with Gasteiger partial charge in [0.1, 0.15) is 22.4 Å². The second-order valence-electron chi connectivity index (χ2n) is 3.48. The lowest BCUT2D eigenvalue weighted by Gasteiger charge is -2.11. The van der Waals surface area contributed by atoms with E-state index in [4.69, 9.17) is 0 Å². The predicted molar refractivity (Wildman–Crippen MR) is 68.9 cm³/mol. The maximum Gasteiger partial charge on any atom is 0.196 e. The molecule has 0 saturated carbocycles. The molecular formula is C11H8BrF3N4. The van der Waals surface area contributed by atoms with Gasteiger partial charge in [-0.05, 0) is 28.1 Å². The first kappa shape index (κ1) is 13.6. The van der Waals surface area contributed by atoms with Crippen molar-refractivity contribution in [3.8, 4) is 0 Å². The molecule has 19 heavy (non-hydrogen) atoms. The summed E-state index contributed by atoms with van der Waals surface area (Å²) >= 11 is 3.22. The van der Waals surface area contributed by atoms with Gasteiger partial charge < -0.3 is 10.6 Å². The molecule has 1 aromatic heterocycles. The van der Waals surface area contributed by atoms with Gasteiger partial charge in [0, 0.05) is 7.05 Å². The van der Waals surface area contributed by atoms with Crippen molar-refractivity contribution in [2.75, 3.05) is 17.7 Å². The van der Waals surface area contributed by atoms with Crippen LogP contribution in [0.15, 0.2) is 22.9 Å². The topological polar surface area (TPSA) is 49.8 Å². The van der Waals surface area contributed by atoms with Gasteiger partial charge in [-0.3, -0.25) is 0 Å². The van der Waals surface area contributed by atoms with E-state index in [0.717, 1.165) is 12.1 Å². The summed E-state index contributed by atoms with van der Waals surface area (Å²) in [4.78, 5) is 7.80. The van der Waals surface area contributed by atoms with Crippen LogP contribution < -0.4 is 10.6 Å². The summed E-state index contributed by atoms with van der Waals surface area (Å²) in [5.41, 5.74) is -0.222. The number of aromatic nitrogens is 2. The van der Waals surface area contributed by atoms with Crippen molar-refractivity contribution in [3.05, 3.63) is 40.4 Å². The fourth-order valence-corrected chi connectivity index (χ4v) is 1.88. The maximum atomic E-state index is 13.5. The van der Waals surface area contributed by atoms with Gasteiger partial charge in [-0.2, -0.15) is 0 Å². The minimum atomic E-state index is -1.54. The van der Waals surface area contributed by atoms with Crippen LogP contribution in [0.3, 0.4) is 0 Å². The van der Waals surface area contributed by atoms with Crippen molar-refractivity contribution in [2.45, 2.75) is 0 Å². The molecule has 0 saturated heterocycles. The second-order valence-corrected chi connectivity index (χ2v) is 4.28. The Bertz CT molecular complexity index is 621. The minimum absolute atomic E-state index is 0.222. The average Bonchev–Trinajstić information content (AvgIpc) is 2.41. The first-order valence-electron chi connectivity index (χ1n) is 5.13. The van der Waals surface area contributed by atoms with E-state index >= 15 is 0 Å². The first-order valence-corrected chi connectivity index (χ1v) is 5.92. The zero-order valence-corrected chi connectivity index (χ0v) is 11.2. The third-order valence-corrected chi connectivity index (χ3v) is 3.07. The number of nitrogens with zero attached hydrogens (tertiary/aromatic N) is 2. The molecule has 0 atom stereocenters. The summed E-state index contributed by atoms with van der Waals surface area (Å²) in [6.45, 7) is 0. The highest BCUT2D eigenvalue weighted by Crippen LogP contribution is 2.30. The number of hydrogen-bond acceptors (Lipinski definition) is 4. The number of halogens is 4. The van der Waals surface area contributed by atoms with Crippen molar-refractivity contribution in [1.29, 1.82) is 0 Å². The zero-order valence-electron chi connectivity index (χ0n) is 9.64. The van der Waals surface area contributed by atoms with E-state index in [1.54, 1.807) is 7.05 Å². The molecule has 0 bridgehead atoms. The smallest absolute Gasteiger partial charge is 0.196 e. The first-order chi connectivity index (χ1) is 9.04. The molecule has 0 amide bonds. The van der Waals surface area contributed by atoms with Gasteiger partial charge in [0.2, 0.25) is 0 Å². The van der Waals surface area contributed by atoms with Crippen molar-refractivity contribution in [2.24, 2.45) is 0 Å². The Balaban J connectivity index is 2.39. The van der Waals surface area contributed by atoms with Crippen molar-refractivity contribution >= 4 is 33.3 Å². The third kappa shape index (κ3) is 2.62. The SMILES string of the molecule is CNc1ncnc(Nc2ccc(F)c(F)c2F)c1Br. The standard InChI is InChI=1S/C11H8BrF3N4/c1-16-10-7(12)11(18-4-17-10)19-6-3-2-5(13)8(14)9(6)15/h2-4H,1H3,(H2,16,17,18,19). The lowest BCUT2D eigenvalue weighted by Crippen LogP contribution is -2.03. The summed E-state index contributed by atoms with van der Waals surface area (Å²) < 4.78 is 39.9. The largest absolute Gasteiger partial charge is 0.372 e. The van der Waals surface area contributed by atoms with Crippen LogP contribution in [0.1, 0.15) is 0 Å². The van der Waals surface area contributed by atoms with Crippen LogP contribution in [0.25, 0.3) is 0 Å². The Morgan fingerprint density at radius 2 is 1.74 bits per heavy atom. The van der Waals surface area contributed by atoms with Crippen LogP contribution in [-0.4, -0.2) is 17.0 Å². The van der Waals surface area contributed by atoms with Crippen molar-refractivity contribution < 1.29 is 13.2 Å². The highest BCUT2D eigenvalue weighted by Gasteiger charge is 2.15. The number of nitrogens with one attached hydrogen (secondary N) is 2. The van der Waals surface area contributed by atoms with Crippen LogP contribution in [0, 0.1) is 17.5 Å². The maximum absolute atomic E-state index is 13.5. The van der Waals surface area contributed by atoms with Crippen LogP contribution in [-0.2, 0) is 0 Å². The molecule has 2 aromatic rings. The van der Waals surface area contributed by atoms with Gasteiger partial charge in [0.05, 0.1) is 5.69 Å². The molecule has 0 aliphatic rings. The van der Waals surface area contributed by atoms with E-state index in [-0.39, 0.29) is 11.5 Å². The Kier molecular flexibility index (Phi) is 3.89. The Labute approximate surface area is 115 Å². The van der Waals surface area contributed by atoms with E-state index in [2.05, 4.69) is 36.5 Å². The number of benzene rings is 1. The average molecular weight is 333 g/mol. The molecule has 2 N–H and O–H groups in total. The summed E-state index contributed by atoms with van der Waals surface area (Å²) in [5.74, 6) is -3.40. The third-order valence-electron chi connectivity index (χ3n) is 2.31. The van der Waals surface area contributed by atoms with Crippen molar-refractivity contribution in [3.63, 3.8) is 0 Å². The molecule has 0 aliphatic heterocycles. The summed E-state index contributed by atoms with van der Waals surface area (Å²) in [6, 6.07) is 1.91.